The predicted octanol–water partition coefficient (Wildman–Crippen LogP) is 2.80. The summed E-state index contributed by atoms with van der Waals surface area (Å²) in [5.74, 6) is -1.61. The van der Waals surface area contributed by atoms with Crippen molar-refractivity contribution in [2.75, 3.05) is 17.5 Å². The number of aryl methyl sites for hydroxylation is 1. The molecule has 26 heavy (non-hydrogen) atoms. The Morgan fingerprint density at radius 1 is 1.19 bits per heavy atom. The van der Waals surface area contributed by atoms with Crippen molar-refractivity contribution < 1.29 is 14.7 Å². The summed E-state index contributed by atoms with van der Waals surface area (Å²) in [4.78, 5) is 27.3. The highest BCUT2D eigenvalue weighted by Gasteiger charge is 2.17. The molecule has 3 rings (SSSR count). The monoisotopic (exact) mass is 350 g/mol. The molecule has 0 aliphatic rings. The summed E-state index contributed by atoms with van der Waals surface area (Å²) in [6.45, 7) is 1.96. The summed E-state index contributed by atoms with van der Waals surface area (Å²) in [7, 11) is 1.73. The zero-order valence-corrected chi connectivity index (χ0v) is 14.4. The molecule has 132 valence electrons. The van der Waals surface area contributed by atoms with Crippen LogP contribution in [-0.2, 0) is 0 Å². The van der Waals surface area contributed by atoms with Crippen LogP contribution >= 0.6 is 0 Å². The number of nitrogens with zero attached hydrogens (tertiary/aromatic N) is 2. The van der Waals surface area contributed by atoms with Crippen LogP contribution in [0.4, 0.5) is 11.4 Å². The molecule has 7 nitrogen and oxygen atoms in total. The van der Waals surface area contributed by atoms with Gasteiger partial charge in [0.25, 0.3) is 5.91 Å². The third kappa shape index (κ3) is 3.27. The van der Waals surface area contributed by atoms with Crippen molar-refractivity contribution in [3.8, 4) is 0 Å². The third-order valence-corrected chi connectivity index (χ3v) is 4.00. The van der Waals surface area contributed by atoms with Crippen LogP contribution < -0.4 is 16.2 Å². The van der Waals surface area contributed by atoms with E-state index in [2.05, 4.69) is 10.4 Å². The molecular formula is C19H18N4O3. The van der Waals surface area contributed by atoms with Gasteiger partial charge in [0.15, 0.2) is 0 Å². The fraction of sp³-hybridized carbons (Fsp3) is 0.105. The second kappa shape index (κ2) is 6.72. The van der Waals surface area contributed by atoms with E-state index in [0.29, 0.717) is 11.4 Å². The molecule has 7 heteroatoms. The Hall–Kier alpha value is -3.61. The van der Waals surface area contributed by atoms with Gasteiger partial charge in [-0.3, -0.25) is 20.2 Å². The zero-order valence-electron chi connectivity index (χ0n) is 14.4. The number of aromatic nitrogens is 1. The fourth-order valence-electron chi connectivity index (χ4n) is 2.80. The number of hydrazine groups is 1. The molecule has 3 aromatic rings. The Bertz CT molecular complexity index is 1020. The number of hydrogen-bond acceptors (Lipinski definition) is 5. The maximum absolute atomic E-state index is 11.9. The van der Waals surface area contributed by atoms with Crippen molar-refractivity contribution in [2.24, 2.45) is 5.73 Å². The lowest BCUT2D eigenvalue weighted by atomic mass is 10.1. The molecule has 0 saturated carbocycles. The summed E-state index contributed by atoms with van der Waals surface area (Å²) in [6.07, 6.45) is 1.45. The van der Waals surface area contributed by atoms with Crippen molar-refractivity contribution in [3.05, 3.63) is 65.4 Å². The quantitative estimate of drug-likeness (QED) is 0.611. The van der Waals surface area contributed by atoms with Crippen molar-refractivity contribution in [1.29, 1.82) is 0 Å². The summed E-state index contributed by atoms with van der Waals surface area (Å²) >= 11 is 0. The number of pyridine rings is 1. The van der Waals surface area contributed by atoms with E-state index in [1.807, 2.05) is 25.1 Å². The number of carboxylic acid groups (broad SMARTS) is 1. The molecule has 0 spiro atoms. The second-order valence-electron chi connectivity index (χ2n) is 5.96. The number of carboxylic acids is 1. The van der Waals surface area contributed by atoms with Crippen LogP contribution in [0.2, 0.25) is 0 Å². The number of rotatable bonds is 5. The van der Waals surface area contributed by atoms with Gasteiger partial charge in [-0.15, -0.1) is 0 Å². The number of benzene rings is 2. The highest BCUT2D eigenvalue weighted by Crippen LogP contribution is 2.29. The van der Waals surface area contributed by atoms with E-state index >= 15 is 0 Å². The lowest BCUT2D eigenvalue weighted by molar-refractivity contribution is 0.0696. The summed E-state index contributed by atoms with van der Waals surface area (Å²) in [6, 6.07) is 12.1. The molecule has 4 N–H and O–H groups in total. The Kier molecular flexibility index (Phi) is 4.45. The first-order chi connectivity index (χ1) is 12.4. The number of carbonyl (C=O) groups is 2. The molecule has 1 aromatic heterocycles. The predicted molar refractivity (Wildman–Crippen MR) is 100 cm³/mol. The smallest absolute Gasteiger partial charge is 0.335 e. The van der Waals surface area contributed by atoms with Gasteiger partial charge in [0, 0.05) is 18.6 Å². The van der Waals surface area contributed by atoms with Crippen LogP contribution in [0, 0.1) is 6.92 Å². The van der Waals surface area contributed by atoms with E-state index in [1.165, 1.54) is 18.3 Å². The summed E-state index contributed by atoms with van der Waals surface area (Å²) in [5.41, 5.74) is 12.0. The van der Waals surface area contributed by atoms with Crippen molar-refractivity contribution in [1.82, 2.24) is 4.98 Å². The Balaban J connectivity index is 2.08. The van der Waals surface area contributed by atoms with Gasteiger partial charge in [-0.05, 0) is 36.8 Å². The van der Waals surface area contributed by atoms with Gasteiger partial charge in [-0.1, -0.05) is 18.2 Å². The molecule has 0 fully saturated rings. The van der Waals surface area contributed by atoms with Crippen molar-refractivity contribution >= 4 is 34.2 Å². The van der Waals surface area contributed by atoms with Gasteiger partial charge in [0.05, 0.1) is 28.0 Å². The number of nitrogens with two attached hydrogens (primary N) is 1. The minimum atomic E-state index is -1.01. The molecular weight excluding hydrogens is 332 g/mol. The van der Waals surface area contributed by atoms with Crippen molar-refractivity contribution in [3.63, 3.8) is 0 Å². The molecule has 0 unspecified atom stereocenters. The van der Waals surface area contributed by atoms with Crippen LogP contribution in [0.3, 0.4) is 0 Å². The van der Waals surface area contributed by atoms with Crippen molar-refractivity contribution in [2.45, 2.75) is 6.92 Å². The van der Waals surface area contributed by atoms with Crippen LogP contribution in [0.25, 0.3) is 10.9 Å². The largest absolute Gasteiger partial charge is 0.478 e. The minimum absolute atomic E-state index is 0.161. The van der Waals surface area contributed by atoms with Gasteiger partial charge in [-0.25, -0.2) is 4.79 Å². The molecule has 0 saturated heterocycles. The number of anilines is 2. The number of primary amides is 1. The molecule has 0 aliphatic carbocycles. The van der Waals surface area contributed by atoms with E-state index < -0.39 is 11.9 Å². The number of aromatic carboxylic acids is 1. The maximum Gasteiger partial charge on any atom is 0.335 e. The van der Waals surface area contributed by atoms with Crippen LogP contribution in [-0.4, -0.2) is 29.0 Å². The Morgan fingerprint density at radius 3 is 2.65 bits per heavy atom. The van der Waals surface area contributed by atoms with Gasteiger partial charge in [0.2, 0.25) is 0 Å². The fourth-order valence-corrected chi connectivity index (χ4v) is 2.80. The molecule has 0 radical (unpaired) electrons. The number of hydrogen-bond donors (Lipinski definition) is 3. The summed E-state index contributed by atoms with van der Waals surface area (Å²) in [5, 5.41) is 11.5. The number of nitrogens with one attached hydrogen (secondary N) is 1. The van der Waals surface area contributed by atoms with Gasteiger partial charge >= 0.3 is 5.97 Å². The number of fused-ring (bicyclic) bond motifs is 1. The SMILES string of the molecule is Cc1ccc2c(N(C)Nc3cccc(C(=O)O)c3)c(C(N)=O)cnc2c1. The molecule has 0 atom stereocenters. The van der Waals surface area contributed by atoms with Crippen LogP contribution in [0.5, 0.6) is 0 Å². The molecule has 0 aliphatic heterocycles. The van der Waals surface area contributed by atoms with E-state index in [-0.39, 0.29) is 11.1 Å². The van der Waals surface area contributed by atoms with Gasteiger partial charge in [-0.2, -0.15) is 0 Å². The lowest BCUT2D eigenvalue weighted by Crippen LogP contribution is -2.28. The lowest BCUT2D eigenvalue weighted by Gasteiger charge is -2.25. The minimum Gasteiger partial charge on any atom is -0.478 e. The Morgan fingerprint density at radius 2 is 1.96 bits per heavy atom. The standard InChI is InChI=1S/C19H18N4O3/c1-11-6-7-14-16(8-11)21-10-15(18(20)24)17(14)23(2)22-13-5-3-4-12(9-13)19(25)26/h3-10,22H,1-2H3,(H2,20,24)(H,25,26). The average Bonchev–Trinajstić information content (AvgIpc) is 2.60. The first kappa shape index (κ1) is 17.2. The second-order valence-corrected chi connectivity index (χ2v) is 5.96. The van der Waals surface area contributed by atoms with Crippen LogP contribution in [0.15, 0.2) is 48.7 Å². The normalized spacial score (nSPS) is 10.5. The number of amides is 1. The molecule has 1 heterocycles. The van der Waals surface area contributed by atoms with E-state index in [0.717, 1.165) is 16.5 Å². The maximum atomic E-state index is 11.9. The third-order valence-electron chi connectivity index (χ3n) is 4.00. The topological polar surface area (TPSA) is 109 Å². The molecule has 0 bridgehead atoms. The molecule has 2 aromatic carbocycles. The van der Waals surface area contributed by atoms with E-state index in [9.17, 15) is 9.59 Å². The zero-order chi connectivity index (χ0) is 18.8. The molecule has 1 amide bonds. The first-order valence-electron chi connectivity index (χ1n) is 7.89. The highest BCUT2D eigenvalue weighted by molar-refractivity contribution is 6.07. The summed E-state index contributed by atoms with van der Waals surface area (Å²) < 4.78 is 0. The Labute approximate surface area is 150 Å². The van der Waals surface area contributed by atoms with Gasteiger partial charge < -0.3 is 10.8 Å². The van der Waals surface area contributed by atoms with E-state index in [4.69, 9.17) is 10.8 Å². The van der Waals surface area contributed by atoms with Crippen LogP contribution in [0.1, 0.15) is 26.3 Å². The highest BCUT2D eigenvalue weighted by atomic mass is 16.4. The van der Waals surface area contributed by atoms with Gasteiger partial charge in [0.1, 0.15) is 0 Å². The van der Waals surface area contributed by atoms with E-state index in [1.54, 1.807) is 24.2 Å². The number of carbonyl (C=O) groups excluding carboxylic acids is 1. The average molecular weight is 350 g/mol. The first-order valence-corrected chi connectivity index (χ1v) is 7.89.